The fourth-order valence-corrected chi connectivity index (χ4v) is 4.62. The third kappa shape index (κ3) is 3.19. The van der Waals surface area contributed by atoms with Crippen LogP contribution in [0.3, 0.4) is 0 Å². The average molecular weight is 381 g/mol. The molecule has 0 aromatic heterocycles. The van der Waals surface area contributed by atoms with Gasteiger partial charge in [0, 0.05) is 23.6 Å². The van der Waals surface area contributed by atoms with Gasteiger partial charge in [0.1, 0.15) is 16.2 Å². The zero-order valence-electron chi connectivity index (χ0n) is 16.0. The molecular formula is C22H24N2O2S. The van der Waals surface area contributed by atoms with E-state index in [-0.39, 0.29) is 11.2 Å². The van der Waals surface area contributed by atoms with E-state index in [2.05, 4.69) is 31.8 Å². The Morgan fingerprint density at radius 3 is 2.59 bits per heavy atom. The molecule has 1 aromatic carbocycles. The Hall–Kier alpha value is -2.45. The number of ether oxygens (including phenoxy) is 1. The van der Waals surface area contributed by atoms with Crippen molar-refractivity contribution < 1.29 is 9.53 Å². The molecule has 0 saturated carbocycles. The highest BCUT2D eigenvalue weighted by Crippen LogP contribution is 2.52. The molecule has 1 heterocycles. The number of hydrogen-bond acceptors (Lipinski definition) is 4. The van der Waals surface area contributed by atoms with Crippen LogP contribution in [0.25, 0.3) is 0 Å². The number of carbonyl (C=O) groups excluding carboxylic acids is 1. The second kappa shape index (κ2) is 6.94. The van der Waals surface area contributed by atoms with Crippen LogP contribution in [-0.2, 0) is 4.79 Å². The van der Waals surface area contributed by atoms with Gasteiger partial charge in [0.15, 0.2) is 5.78 Å². The molecule has 1 N–H and O–H groups in total. The SMILES string of the molecule is C=CCC1(C#N)C(=S)NC2=C(C(=O)CC(C)(C)C2)C1c1ccc(OC)cc1. The van der Waals surface area contributed by atoms with Crippen LogP contribution >= 0.6 is 12.2 Å². The Labute approximate surface area is 165 Å². The van der Waals surface area contributed by atoms with Crippen molar-refractivity contribution in [1.29, 1.82) is 5.26 Å². The second-order valence-electron chi connectivity index (χ2n) is 8.07. The van der Waals surface area contributed by atoms with Crippen molar-refractivity contribution in [2.24, 2.45) is 10.8 Å². The summed E-state index contributed by atoms with van der Waals surface area (Å²) < 4.78 is 5.26. The van der Waals surface area contributed by atoms with Crippen molar-refractivity contribution >= 4 is 23.0 Å². The third-order valence-corrected chi connectivity index (χ3v) is 5.95. The fourth-order valence-electron chi connectivity index (χ4n) is 4.25. The van der Waals surface area contributed by atoms with Crippen LogP contribution in [-0.4, -0.2) is 17.9 Å². The second-order valence-corrected chi connectivity index (χ2v) is 8.48. The number of benzene rings is 1. The van der Waals surface area contributed by atoms with Gasteiger partial charge in [-0.2, -0.15) is 5.26 Å². The van der Waals surface area contributed by atoms with Crippen molar-refractivity contribution in [2.45, 2.75) is 39.0 Å². The minimum atomic E-state index is -1.03. The highest BCUT2D eigenvalue weighted by molar-refractivity contribution is 7.80. The van der Waals surface area contributed by atoms with E-state index in [4.69, 9.17) is 17.0 Å². The van der Waals surface area contributed by atoms with Gasteiger partial charge in [-0.1, -0.05) is 44.3 Å². The number of methoxy groups -OCH3 is 1. The number of nitriles is 1. The molecule has 2 atom stereocenters. The average Bonchev–Trinajstić information content (AvgIpc) is 2.62. The highest BCUT2D eigenvalue weighted by atomic mass is 32.1. The summed E-state index contributed by atoms with van der Waals surface area (Å²) in [5, 5.41) is 13.4. The van der Waals surface area contributed by atoms with Gasteiger partial charge in [0.05, 0.1) is 13.2 Å². The third-order valence-electron chi connectivity index (χ3n) is 5.49. The molecule has 1 aliphatic carbocycles. The Morgan fingerprint density at radius 2 is 2.04 bits per heavy atom. The maximum atomic E-state index is 13.2. The van der Waals surface area contributed by atoms with Crippen LogP contribution in [0.2, 0.25) is 0 Å². The van der Waals surface area contributed by atoms with Gasteiger partial charge in [-0.3, -0.25) is 4.79 Å². The van der Waals surface area contributed by atoms with Crippen LogP contribution < -0.4 is 10.1 Å². The van der Waals surface area contributed by atoms with Crippen LogP contribution in [0.4, 0.5) is 0 Å². The minimum Gasteiger partial charge on any atom is -0.497 e. The van der Waals surface area contributed by atoms with E-state index in [0.717, 1.165) is 23.4 Å². The number of nitrogens with zero attached hydrogens (tertiary/aromatic N) is 1. The first kappa shape index (κ1) is 19.3. The van der Waals surface area contributed by atoms with Crippen LogP contribution in [0.5, 0.6) is 5.75 Å². The molecule has 0 radical (unpaired) electrons. The number of Topliss-reactive ketones (excluding diaryl/α,β-unsaturated/α-hetero) is 1. The molecule has 2 unspecified atom stereocenters. The molecule has 27 heavy (non-hydrogen) atoms. The minimum absolute atomic E-state index is 0.0840. The number of nitrogens with one attached hydrogen (secondary N) is 1. The largest absolute Gasteiger partial charge is 0.497 e. The lowest BCUT2D eigenvalue weighted by atomic mass is 9.60. The summed E-state index contributed by atoms with van der Waals surface area (Å²) in [6.45, 7) is 7.99. The van der Waals surface area contributed by atoms with Gasteiger partial charge in [0.25, 0.3) is 0 Å². The molecule has 0 bridgehead atoms. The summed E-state index contributed by atoms with van der Waals surface area (Å²) in [4.78, 5) is 13.6. The normalized spacial score (nSPS) is 26.7. The quantitative estimate of drug-likeness (QED) is 0.618. The Balaban J connectivity index is 2.25. The summed E-state index contributed by atoms with van der Waals surface area (Å²) in [6, 6.07) is 9.98. The molecule has 1 aromatic rings. The van der Waals surface area contributed by atoms with Crippen molar-refractivity contribution in [3.05, 3.63) is 53.8 Å². The maximum Gasteiger partial charge on any atom is 0.161 e. The van der Waals surface area contributed by atoms with E-state index in [1.54, 1.807) is 13.2 Å². The molecule has 3 rings (SSSR count). The van der Waals surface area contributed by atoms with Crippen LogP contribution in [0.15, 0.2) is 48.2 Å². The first-order valence-corrected chi connectivity index (χ1v) is 9.42. The lowest BCUT2D eigenvalue weighted by Gasteiger charge is -2.46. The zero-order chi connectivity index (χ0) is 19.8. The van der Waals surface area contributed by atoms with Crippen molar-refractivity contribution in [1.82, 2.24) is 5.32 Å². The Kier molecular flexibility index (Phi) is 4.96. The van der Waals surface area contributed by atoms with Crippen LogP contribution in [0.1, 0.15) is 44.6 Å². The standard InChI is InChI=1S/C22H24N2O2S/c1-5-10-22(13-23)19(14-6-8-15(26-4)9-7-14)18-16(24-20(22)27)11-21(2,3)12-17(18)25/h5-9,19H,1,10-12H2,2-4H3,(H,24,27). The Morgan fingerprint density at radius 1 is 1.37 bits per heavy atom. The lowest BCUT2D eigenvalue weighted by Crippen LogP contribution is -2.51. The van der Waals surface area contributed by atoms with E-state index in [1.165, 1.54) is 0 Å². The van der Waals surface area contributed by atoms with E-state index >= 15 is 0 Å². The number of thiocarbonyl (C=S) groups is 1. The van der Waals surface area contributed by atoms with Gasteiger partial charge in [0.2, 0.25) is 0 Å². The zero-order valence-corrected chi connectivity index (χ0v) is 16.8. The van der Waals surface area contributed by atoms with E-state index in [9.17, 15) is 10.1 Å². The van der Waals surface area contributed by atoms with Crippen molar-refractivity contribution in [3.8, 4) is 11.8 Å². The first-order valence-electron chi connectivity index (χ1n) is 9.02. The molecule has 0 amide bonds. The summed E-state index contributed by atoms with van der Waals surface area (Å²) in [5.41, 5.74) is 1.28. The molecule has 2 aliphatic rings. The van der Waals surface area contributed by atoms with Crippen molar-refractivity contribution in [2.75, 3.05) is 7.11 Å². The molecule has 0 fully saturated rings. The van der Waals surface area contributed by atoms with Crippen molar-refractivity contribution in [3.63, 3.8) is 0 Å². The van der Waals surface area contributed by atoms with Crippen LogP contribution in [0, 0.1) is 22.2 Å². The van der Waals surface area contributed by atoms with Gasteiger partial charge in [-0.05, 0) is 36.0 Å². The monoisotopic (exact) mass is 380 g/mol. The Bertz CT molecular complexity index is 877. The molecule has 4 nitrogen and oxygen atoms in total. The molecule has 0 spiro atoms. The first-order chi connectivity index (χ1) is 12.8. The highest BCUT2D eigenvalue weighted by Gasteiger charge is 2.52. The number of allylic oxidation sites excluding steroid dienone is 3. The number of carbonyl (C=O) groups is 1. The number of hydrogen-bond donors (Lipinski definition) is 1. The van der Waals surface area contributed by atoms with Gasteiger partial charge in [-0.15, -0.1) is 6.58 Å². The van der Waals surface area contributed by atoms with E-state index in [1.807, 2.05) is 24.3 Å². The fraction of sp³-hybridized carbons (Fsp3) is 0.409. The summed E-state index contributed by atoms with van der Waals surface area (Å²) >= 11 is 5.66. The van der Waals surface area contributed by atoms with Gasteiger partial charge in [-0.25, -0.2) is 0 Å². The summed E-state index contributed by atoms with van der Waals surface area (Å²) in [5.74, 6) is 0.395. The number of ketones is 1. The predicted octanol–water partition coefficient (Wildman–Crippen LogP) is 4.44. The van der Waals surface area contributed by atoms with Gasteiger partial charge >= 0.3 is 0 Å². The molecule has 5 heteroatoms. The maximum absolute atomic E-state index is 13.2. The molecule has 1 aliphatic heterocycles. The molecule has 140 valence electrons. The van der Waals surface area contributed by atoms with Gasteiger partial charge < -0.3 is 10.1 Å². The predicted molar refractivity (Wildman–Crippen MR) is 109 cm³/mol. The summed E-state index contributed by atoms with van der Waals surface area (Å²) in [6.07, 6.45) is 3.27. The molecular weight excluding hydrogens is 356 g/mol. The summed E-state index contributed by atoms with van der Waals surface area (Å²) in [7, 11) is 1.61. The smallest absolute Gasteiger partial charge is 0.161 e. The lowest BCUT2D eigenvalue weighted by molar-refractivity contribution is -0.118. The molecule has 0 saturated heterocycles. The van der Waals surface area contributed by atoms with E-state index in [0.29, 0.717) is 23.4 Å². The van der Waals surface area contributed by atoms with E-state index < -0.39 is 11.3 Å². The topological polar surface area (TPSA) is 62.1 Å². The number of rotatable bonds is 4.